The Balaban J connectivity index is 0.000000181. The normalized spacial score (nSPS) is 11.0. The Hall–Kier alpha value is -5.08. The van der Waals surface area contributed by atoms with Crippen LogP contribution in [0.2, 0.25) is 0 Å². The van der Waals surface area contributed by atoms with Crippen LogP contribution in [0.1, 0.15) is 37.3 Å². The molecule has 0 saturated carbocycles. The fraction of sp³-hybridized carbons (Fsp3) is 0.263. The topological polar surface area (TPSA) is 77.4 Å². The van der Waals surface area contributed by atoms with E-state index in [1.165, 1.54) is 10.2 Å². The zero-order valence-corrected chi connectivity index (χ0v) is 26.9. The molecule has 0 bridgehead atoms. The molecule has 1 N–H and O–H groups in total. The fourth-order valence-electron chi connectivity index (χ4n) is 5.35. The largest absolute Gasteiger partial charge is 0.493 e. The highest BCUT2D eigenvalue weighted by Crippen LogP contribution is 2.26. The quantitative estimate of drug-likeness (QED) is 0.148. The highest BCUT2D eigenvalue weighted by Gasteiger charge is 2.21. The van der Waals surface area contributed by atoms with Gasteiger partial charge in [0.25, 0.3) is 5.56 Å². The molecule has 0 spiro atoms. The first-order valence-corrected chi connectivity index (χ1v) is 15.9. The van der Waals surface area contributed by atoms with E-state index in [4.69, 9.17) is 4.74 Å². The third-order valence-corrected chi connectivity index (χ3v) is 7.69. The number of para-hydroxylation sites is 3. The molecule has 0 saturated heterocycles. The standard InChI is InChI=1S/C19H23N3O.C19H20N2O2/c1-21(2)13-8-14-23-19-17-11-6-7-12-18(17)22(20-19)15-16-9-4-3-5-10-16;1-2-3-14-17-18(22)20(15-10-6-4-7-11-15)21(19(17)23)16-12-8-5-9-13-16/h3-7,9-12H,8,13-15H2,1-2H3;4-13,22H,2-3,14H2,1H3. The van der Waals surface area contributed by atoms with Crippen LogP contribution in [-0.2, 0) is 13.0 Å². The average Bonchev–Trinajstić information content (AvgIpc) is 3.56. The van der Waals surface area contributed by atoms with E-state index in [0.29, 0.717) is 18.6 Å². The minimum absolute atomic E-state index is 0.0264. The Labute approximate surface area is 270 Å². The number of ether oxygens (including phenoxy) is 1. The van der Waals surface area contributed by atoms with E-state index in [1.807, 2.05) is 83.5 Å². The molecule has 0 amide bonds. The van der Waals surface area contributed by atoms with E-state index in [-0.39, 0.29) is 11.4 Å². The first kappa shape index (κ1) is 32.3. The van der Waals surface area contributed by atoms with Gasteiger partial charge in [0, 0.05) is 6.54 Å². The van der Waals surface area contributed by atoms with Crippen LogP contribution in [0.4, 0.5) is 0 Å². The number of benzene rings is 4. The van der Waals surface area contributed by atoms with Crippen LogP contribution in [0.25, 0.3) is 22.3 Å². The van der Waals surface area contributed by atoms with Gasteiger partial charge in [0.15, 0.2) is 0 Å². The molecule has 0 aliphatic rings. The number of hydrogen-bond donors (Lipinski definition) is 1. The molecule has 0 unspecified atom stereocenters. The van der Waals surface area contributed by atoms with Gasteiger partial charge in [-0.3, -0.25) is 9.48 Å². The smallest absolute Gasteiger partial charge is 0.278 e. The Morgan fingerprint density at radius 3 is 1.98 bits per heavy atom. The Morgan fingerprint density at radius 2 is 1.35 bits per heavy atom. The van der Waals surface area contributed by atoms with Crippen LogP contribution in [0, 0.1) is 0 Å². The van der Waals surface area contributed by atoms with Crippen LogP contribution in [0.3, 0.4) is 0 Å². The average molecular weight is 618 g/mol. The molecule has 0 radical (unpaired) electrons. The number of nitrogens with zero attached hydrogens (tertiary/aromatic N) is 5. The van der Waals surface area contributed by atoms with Crippen molar-refractivity contribution >= 4 is 10.9 Å². The highest BCUT2D eigenvalue weighted by atomic mass is 16.5. The predicted octanol–water partition coefficient (Wildman–Crippen LogP) is 7.09. The maximum absolute atomic E-state index is 12.9. The van der Waals surface area contributed by atoms with Gasteiger partial charge < -0.3 is 14.7 Å². The second kappa shape index (κ2) is 15.8. The van der Waals surface area contributed by atoms with E-state index in [0.717, 1.165) is 60.5 Å². The van der Waals surface area contributed by atoms with Gasteiger partial charge in [-0.2, -0.15) is 0 Å². The first-order valence-electron chi connectivity index (χ1n) is 15.9. The maximum atomic E-state index is 12.9. The zero-order valence-electron chi connectivity index (χ0n) is 26.9. The number of aromatic nitrogens is 4. The monoisotopic (exact) mass is 617 g/mol. The van der Waals surface area contributed by atoms with Crippen LogP contribution >= 0.6 is 0 Å². The Kier molecular flexibility index (Phi) is 11.1. The summed E-state index contributed by atoms with van der Waals surface area (Å²) in [5.41, 5.74) is 4.15. The molecule has 0 aliphatic carbocycles. The number of aromatic hydroxyl groups is 1. The molecular formula is C38H43N5O3. The third-order valence-electron chi connectivity index (χ3n) is 7.69. The molecule has 6 aromatic rings. The zero-order chi connectivity index (χ0) is 32.3. The molecule has 0 atom stereocenters. The fourth-order valence-corrected chi connectivity index (χ4v) is 5.35. The van der Waals surface area contributed by atoms with Crippen molar-refractivity contribution < 1.29 is 9.84 Å². The summed E-state index contributed by atoms with van der Waals surface area (Å²) in [5, 5.41) is 16.4. The summed E-state index contributed by atoms with van der Waals surface area (Å²) < 4.78 is 11.1. The molecule has 6 rings (SSSR count). The van der Waals surface area contributed by atoms with Crippen LogP contribution in [-0.4, -0.2) is 56.4 Å². The van der Waals surface area contributed by atoms with Crippen molar-refractivity contribution in [3.8, 4) is 23.1 Å². The van der Waals surface area contributed by atoms with Gasteiger partial charge in [-0.05, 0) is 75.3 Å². The second-order valence-corrected chi connectivity index (χ2v) is 11.5. The lowest BCUT2D eigenvalue weighted by atomic mass is 10.1. The van der Waals surface area contributed by atoms with Gasteiger partial charge in [-0.15, -0.1) is 5.10 Å². The van der Waals surface area contributed by atoms with Crippen molar-refractivity contribution in [3.05, 3.63) is 137 Å². The molecule has 8 nitrogen and oxygen atoms in total. The summed E-state index contributed by atoms with van der Waals surface area (Å²) >= 11 is 0. The lowest BCUT2D eigenvalue weighted by Crippen LogP contribution is -2.21. The van der Waals surface area contributed by atoms with Gasteiger partial charge in [0.05, 0.1) is 41.0 Å². The van der Waals surface area contributed by atoms with E-state index < -0.39 is 0 Å². The van der Waals surface area contributed by atoms with Crippen molar-refractivity contribution in [2.24, 2.45) is 0 Å². The summed E-state index contributed by atoms with van der Waals surface area (Å²) in [6.07, 6.45) is 3.41. The van der Waals surface area contributed by atoms with E-state index in [1.54, 1.807) is 4.68 Å². The highest BCUT2D eigenvalue weighted by molar-refractivity contribution is 5.84. The van der Waals surface area contributed by atoms with Crippen LogP contribution in [0.5, 0.6) is 11.8 Å². The molecule has 238 valence electrons. The van der Waals surface area contributed by atoms with Gasteiger partial charge in [-0.25, -0.2) is 9.36 Å². The van der Waals surface area contributed by atoms with E-state index >= 15 is 0 Å². The SMILES string of the molecule is CCCCc1c(O)n(-c2ccccc2)n(-c2ccccc2)c1=O.CN(C)CCCOc1nn(Cc2ccccc2)c2ccccc12. The molecule has 8 heteroatoms. The van der Waals surface area contributed by atoms with Gasteiger partial charge in [-0.1, -0.05) is 92.2 Å². The molecule has 46 heavy (non-hydrogen) atoms. The minimum Gasteiger partial charge on any atom is -0.493 e. The van der Waals surface area contributed by atoms with Gasteiger partial charge in [0.1, 0.15) is 0 Å². The molecule has 4 aromatic carbocycles. The Morgan fingerprint density at radius 1 is 0.761 bits per heavy atom. The number of hydrogen-bond acceptors (Lipinski definition) is 5. The number of rotatable bonds is 12. The molecule has 0 aliphatic heterocycles. The number of unbranched alkanes of at least 4 members (excludes halogenated alkanes) is 1. The lowest BCUT2D eigenvalue weighted by Gasteiger charge is -2.12. The lowest BCUT2D eigenvalue weighted by molar-refractivity contribution is 0.273. The first-order chi connectivity index (χ1) is 22.5. The summed E-state index contributed by atoms with van der Waals surface area (Å²) in [5.74, 6) is 0.758. The van der Waals surface area contributed by atoms with E-state index in [9.17, 15) is 9.90 Å². The maximum Gasteiger partial charge on any atom is 0.278 e. The molecule has 2 heterocycles. The van der Waals surface area contributed by atoms with Gasteiger partial charge >= 0.3 is 0 Å². The Bertz CT molecular complexity index is 1860. The van der Waals surface area contributed by atoms with Crippen molar-refractivity contribution in [1.29, 1.82) is 0 Å². The predicted molar refractivity (Wildman–Crippen MR) is 186 cm³/mol. The minimum atomic E-state index is -0.161. The van der Waals surface area contributed by atoms with Crippen molar-refractivity contribution in [3.63, 3.8) is 0 Å². The van der Waals surface area contributed by atoms with Crippen LogP contribution < -0.4 is 10.3 Å². The summed E-state index contributed by atoms with van der Waals surface area (Å²) in [6.45, 7) is 4.52. The number of fused-ring (bicyclic) bond motifs is 1. The van der Waals surface area contributed by atoms with Gasteiger partial charge in [0.2, 0.25) is 11.8 Å². The third kappa shape index (κ3) is 7.76. The molecule has 2 aromatic heterocycles. The molecular weight excluding hydrogens is 574 g/mol. The summed E-state index contributed by atoms with van der Waals surface area (Å²) in [4.78, 5) is 15.0. The summed E-state index contributed by atoms with van der Waals surface area (Å²) in [6, 6.07) is 37.5. The van der Waals surface area contributed by atoms with Crippen molar-refractivity contribution in [1.82, 2.24) is 24.0 Å². The van der Waals surface area contributed by atoms with Crippen LogP contribution in [0.15, 0.2) is 120 Å². The van der Waals surface area contributed by atoms with Crippen molar-refractivity contribution in [2.45, 2.75) is 39.2 Å². The van der Waals surface area contributed by atoms with Crippen molar-refractivity contribution in [2.75, 3.05) is 27.2 Å². The summed E-state index contributed by atoms with van der Waals surface area (Å²) in [7, 11) is 4.15. The molecule has 0 fully saturated rings. The second-order valence-electron chi connectivity index (χ2n) is 11.5. The van der Waals surface area contributed by atoms with E-state index in [2.05, 4.69) is 67.4 Å².